The molecule has 8 nitrogen and oxygen atoms in total. The van der Waals surface area contributed by atoms with Gasteiger partial charge in [-0.15, -0.1) is 0 Å². The monoisotopic (exact) mass is 338 g/mol. The van der Waals surface area contributed by atoms with Crippen LogP contribution in [0.5, 0.6) is 5.75 Å². The van der Waals surface area contributed by atoms with Crippen LogP contribution in [0.25, 0.3) is 0 Å². The van der Waals surface area contributed by atoms with Crippen LogP contribution < -0.4 is 15.7 Å². The number of furan rings is 1. The first-order chi connectivity index (χ1) is 12.1. The van der Waals surface area contributed by atoms with E-state index in [1.807, 2.05) is 0 Å². The van der Waals surface area contributed by atoms with Crippen molar-refractivity contribution in [2.75, 3.05) is 5.43 Å². The average Bonchev–Trinajstić information content (AvgIpc) is 3.10. The smallest absolute Gasteiger partial charge is 0.379 e. The molecule has 0 spiro atoms. The zero-order chi connectivity index (χ0) is 17.6. The molecule has 25 heavy (non-hydrogen) atoms. The van der Waals surface area contributed by atoms with E-state index in [4.69, 9.17) is 9.15 Å². The number of hydrazone groups is 1. The summed E-state index contributed by atoms with van der Waals surface area (Å²) < 4.78 is 10.1. The minimum absolute atomic E-state index is 0.134. The predicted molar refractivity (Wildman–Crippen MR) is 90.9 cm³/mol. The van der Waals surface area contributed by atoms with Crippen molar-refractivity contribution in [1.29, 1.82) is 0 Å². The number of aryl methyl sites for hydroxylation is 1. The lowest BCUT2D eigenvalue weighted by Crippen LogP contribution is -2.10. The van der Waals surface area contributed by atoms with Gasteiger partial charge in [0.1, 0.15) is 5.75 Å². The maximum Gasteiger partial charge on any atom is 0.379 e. The minimum atomic E-state index is -0.567. The summed E-state index contributed by atoms with van der Waals surface area (Å²) in [5.41, 5.74) is 3.74. The van der Waals surface area contributed by atoms with Crippen molar-refractivity contribution in [2.45, 2.75) is 6.92 Å². The van der Waals surface area contributed by atoms with Crippen LogP contribution in [0.2, 0.25) is 0 Å². The number of H-pyrrole nitrogens is 1. The molecule has 0 bridgehead atoms. The van der Waals surface area contributed by atoms with E-state index < -0.39 is 5.97 Å². The number of hydrogen-bond acceptors (Lipinski definition) is 7. The number of rotatable bonds is 5. The van der Waals surface area contributed by atoms with Crippen LogP contribution in [-0.2, 0) is 0 Å². The first-order valence-corrected chi connectivity index (χ1v) is 7.33. The predicted octanol–water partition coefficient (Wildman–Crippen LogP) is 2.34. The summed E-state index contributed by atoms with van der Waals surface area (Å²) in [6, 6.07) is 11.2. The molecule has 0 aliphatic carbocycles. The number of nitrogens with one attached hydrogen (secondary N) is 2. The maximum absolute atomic E-state index is 11.8. The summed E-state index contributed by atoms with van der Waals surface area (Å²) >= 11 is 0. The van der Waals surface area contributed by atoms with Gasteiger partial charge in [0.25, 0.3) is 5.56 Å². The van der Waals surface area contributed by atoms with Gasteiger partial charge in [0, 0.05) is 11.8 Å². The second-order valence-electron chi connectivity index (χ2n) is 5.04. The van der Waals surface area contributed by atoms with Gasteiger partial charge < -0.3 is 9.15 Å². The minimum Gasteiger partial charge on any atom is -0.457 e. The fraction of sp³-hybridized carbons (Fsp3) is 0.0588. The van der Waals surface area contributed by atoms with Gasteiger partial charge in [0.15, 0.2) is 0 Å². The van der Waals surface area contributed by atoms with Crippen molar-refractivity contribution in [2.24, 2.45) is 5.10 Å². The summed E-state index contributed by atoms with van der Waals surface area (Å²) in [5, 5.41) is 3.99. The van der Waals surface area contributed by atoms with Crippen LogP contribution in [0.1, 0.15) is 21.8 Å². The lowest BCUT2D eigenvalue weighted by molar-refractivity contribution is 0.0701. The Hall–Kier alpha value is -3.68. The molecule has 0 radical (unpaired) electrons. The fourth-order valence-electron chi connectivity index (χ4n) is 1.97. The lowest BCUT2D eigenvalue weighted by atomic mass is 10.2. The quantitative estimate of drug-likeness (QED) is 0.320. The molecule has 0 atom stereocenters. The molecular formula is C17H14N4O4. The van der Waals surface area contributed by atoms with Gasteiger partial charge in [-0.2, -0.15) is 5.10 Å². The van der Waals surface area contributed by atoms with E-state index >= 15 is 0 Å². The average molecular weight is 338 g/mol. The number of anilines is 1. The van der Waals surface area contributed by atoms with E-state index in [-0.39, 0.29) is 17.3 Å². The third-order valence-electron chi connectivity index (χ3n) is 3.07. The largest absolute Gasteiger partial charge is 0.457 e. The summed E-state index contributed by atoms with van der Waals surface area (Å²) in [6.45, 7) is 1.72. The van der Waals surface area contributed by atoms with E-state index in [0.717, 1.165) is 5.56 Å². The summed E-state index contributed by atoms with van der Waals surface area (Å²) in [7, 11) is 0. The lowest BCUT2D eigenvalue weighted by Gasteiger charge is -2.02. The molecule has 3 rings (SSSR count). The highest BCUT2D eigenvalue weighted by atomic mass is 16.5. The Bertz CT molecular complexity index is 944. The highest BCUT2D eigenvalue weighted by molar-refractivity contribution is 5.88. The normalized spacial score (nSPS) is 10.8. The number of benzene rings is 1. The zero-order valence-electron chi connectivity index (χ0n) is 13.2. The second-order valence-corrected chi connectivity index (χ2v) is 5.04. The summed E-state index contributed by atoms with van der Waals surface area (Å²) in [5.74, 6) is 0.207. The number of esters is 1. The van der Waals surface area contributed by atoms with Gasteiger partial charge in [0.2, 0.25) is 11.7 Å². The number of ether oxygens (including phenoxy) is 1. The molecule has 0 saturated heterocycles. The summed E-state index contributed by atoms with van der Waals surface area (Å²) in [4.78, 5) is 29.7. The maximum atomic E-state index is 11.8. The molecule has 0 aliphatic heterocycles. The molecule has 0 aliphatic rings. The molecule has 8 heteroatoms. The second kappa shape index (κ2) is 7.26. The van der Waals surface area contributed by atoms with Gasteiger partial charge in [-0.1, -0.05) is 0 Å². The molecule has 0 saturated carbocycles. The third kappa shape index (κ3) is 4.41. The first kappa shape index (κ1) is 16.2. The van der Waals surface area contributed by atoms with Crippen molar-refractivity contribution >= 4 is 18.1 Å². The van der Waals surface area contributed by atoms with Crippen molar-refractivity contribution in [3.63, 3.8) is 0 Å². The topological polar surface area (TPSA) is 110 Å². The number of hydrogen-bond donors (Lipinski definition) is 2. The number of carbonyl (C=O) groups is 1. The van der Waals surface area contributed by atoms with E-state index in [1.54, 1.807) is 43.5 Å². The molecule has 0 unspecified atom stereocenters. The van der Waals surface area contributed by atoms with Crippen LogP contribution in [-0.4, -0.2) is 22.2 Å². The van der Waals surface area contributed by atoms with Crippen molar-refractivity contribution in [1.82, 2.24) is 9.97 Å². The molecule has 126 valence electrons. The Morgan fingerprint density at radius 1 is 1.32 bits per heavy atom. The molecule has 2 N–H and O–H groups in total. The standard InChI is InChI=1S/C17H14N4O4/c1-11-9-15(22)20-17(19-11)21-18-10-12-4-6-13(7-5-12)25-16(23)14-3-2-8-24-14/h2-10H,1H3,(H2,19,20,21,22). The van der Waals surface area contributed by atoms with Crippen LogP contribution in [0, 0.1) is 6.92 Å². The van der Waals surface area contributed by atoms with Crippen molar-refractivity contribution in [3.05, 3.63) is 76.1 Å². The van der Waals surface area contributed by atoms with Crippen molar-refractivity contribution < 1.29 is 13.9 Å². The number of aromatic nitrogens is 2. The van der Waals surface area contributed by atoms with Crippen LogP contribution in [0.15, 0.2) is 63.0 Å². The summed E-state index contributed by atoms with van der Waals surface area (Å²) in [6.07, 6.45) is 2.94. The SMILES string of the molecule is Cc1cc(=O)[nH]c(NN=Cc2ccc(OC(=O)c3ccco3)cc2)n1. The molecule has 3 aromatic rings. The fourth-order valence-corrected chi connectivity index (χ4v) is 1.97. The van der Waals surface area contributed by atoms with Gasteiger partial charge >= 0.3 is 5.97 Å². The molecular weight excluding hydrogens is 324 g/mol. The Kier molecular flexibility index (Phi) is 4.70. The Morgan fingerprint density at radius 2 is 2.12 bits per heavy atom. The van der Waals surface area contributed by atoms with Crippen LogP contribution in [0.3, 0.4) is 0 Å². The van der Waals surface area contributed by atoms with Crippen LogP contribution in [0.4, 0.5) is 5.95 Å². The van der Waals surface area contributed by atoms with Crippen molar-refractivity contribution in [3.8, 4) is 5.75 Å². The Balaban J connectivity index is 1.60. The number of aromatic amines is 1. The highest BCUT2D eigenvalue weighted by Crippen LogP contribution is 2.14. The Labute approximate surface area is 142 Å². The first-order valence-electron chi connectivity index (χ1n) is 7.33. The molecule has 0 amide bonds. The van der Waals surface area contributed by atoms with E-state index in [9.17, 15) is 9.59 Å². The number of nitrogens with zero attached hydrogens (tertiary/aromatic N) is 2. The van der Waals surface area contributed by atoms with E-state index in [1.165, 1.54) is 18.4 Å². The molecule has 2 aromatic heterocycles. The van der Waals surface area contributed by atoms with Crippen LogP contribution >= 0.6 is 0 Å². The molecule has 1 aromatic carbocycles. The van der Waals surface area contributed by atoms with E-state index in [0.29, 0.717) is 11.4 Å². The van der Waals surface area contributed by atoms with Gasteiger partial charge in [-0.05, 0) is 48.9 Å². The highest BCUT2D eigenvalue weighted by Gasteiger charge is 2.10. The van der Waals surface area contributed by atoms with E-state index in [2.05, 4.69) is 20.5 Å². The number of carbonyl (C=O) groups excluding carboxylic acids is 1. The zero-order valence-corrected chi connectivity index (χ0v) is 13.2. The Morgan fingerprint density at radius 3 is 2.80 bits per heavy atom. The van der Waals surface area contributed by atoms with Gasteiger partial charge in [0.05, 0.1) is 12.5 Å². The van der Waals surface area contributed by atoms with Gasteiger partial charge in [-0.25, -0.2) is 15.2 Å². The molecule has 0 fully saturated rings. The third-order valence-corrected chi connectivity index (χ3v) is 3.07. The van der Waals surface area contributed by atoms with Gasteiger partial charge in [-0.3, -0.25) is 9.78 Å². The molecule has 2 heterocycles.